The van der Waals surface area contributed by atoms with Gasteiger partial charge in [0.05, 0.1) is 0 Å². The topological polar surface area (TPSA) is 44.3 Å². The molecule has 0 bridgehead atoms. The Hall–Kier alpha value is -0.640. The van der Waals surface area contributed by atoms with Crippen LogP contribution >= 0.6 is 0 Å². The number of aliphatic hydroxyl groups is 1. The molecule has 0 saturated heterocycles. The summed E-state index contributed by atoms with van der Waals surface area (Å²) < 4.78 is 0. The monoisotopic (exact) mass is 294 g/mol. The van der Waals surface area contributed by atoms with Gasteiger partial charge in [0.15, 0.2) is 0 Å². The van der Waals surface area contributed by atoms with Crippen LogP contribution in [0, 0.1) is 16.7 Å². The van der Waals surface area contributed by atoms with Crippen molar-refractivity contribution < 1.29 is 5.11 Å². The van der Waals surface area contributed by atoms with Gasteiger partial charge in [-0.1, -0.05) is 53.7 Å². The third-order valence-corrected chi connectivity index (χ3v) is 4.26. The third kappa shape index (κ3) is 3.97. The minimum absolute atomic E-state index is 0.00461. The normalized spacial score (nSPS) is 27.4. The second-order valence-electron chi connectivity index (χ2n) is 8.38. The predicted octanol–water partition coefficient (Wildman–Crippen LogP) is 2.73. The van der Waals surface area contributed by atoms with Gasteiger partial charge in [0.25, 0.3) is 0 Å². The summed E-state index contributed by atoms with van der Waals surface area (Å²) in [7, 11) is 3.87. The smallest absolute Gasteiger partial charge is 0.106 e. The molecular formula is C18H34N2O. The van der Waals surface area contributed by atoms with Crippen molar-refractivity contribution in [1.29, 1.82) is 0 Å². The molecule has 0 aromatic heterocycles. The molecule has 0 fully saturated rings. The maximum absolute atomic E-state index is 11.6. The fourth-order valence-corrected chi connectivity index (χ4v) is 3.50. The van der Waals surface area contributed by atoms with Gasteiger partial charge in [-0.15, -0.1) is 0 Å². The molecule has 0 radical (unpaired) electrons. The molecule has 0 aliphatic heterocycles. The lowest BCUT2D eigenvalue weighted by Gasteiger charge is -2.49. The maximum Gasteiger partial charge on any atom is 0.106 e. The van der Waals surface area contributed by atoms with E-state index in [0.29, 0.717) is 6.54 Å². The van der Waals surface area contributed by atoms with Crippen LogP contribution in [0.1, 0.15) is 41.5 Å². The van der Waals surface area contributed by atoms with Crippen molar-refractivity contribution in [3.63, 3.8) is 0 Å². The summed E-state index contributed by atoms with van der Waals surface area (Å²) in [6.45, 7) is 14.6. The van der Waals surface area contributed by atoms with Gasteiger partial charge in [-0.3, -0.25) is 0 Å². The first-order chi connectivity index (χ1) is 9.46. The average molecular weight is 294 g/mol. The van der Waals surface area contributed by atoms with Crippen molar-refractivity contribution >= 4 is 0 Å². The standard InChI is InChI=1S/C18H34N2O/c1-16(2,3)14-9-13(11-19-7)10-15(17(4,5)6)18(14,21)12-20-8/h9-10,14,19-21H,11-12H2,1-8H3. The summed E-state index contributed by atoms with van der Waals surface area (Å²) in [5, 5.41) is 18.0. The van der Waals surface area contributed by atoms with E-state index in [4.69, 9.17) is 0 Å². The number of rotatable bonds is 4. The number of hydrogen-bond acceptors (Lipinski definition) is 3. The van der Waals surface area contributed by atoms with E-state index in [2.05, 4.69) is 64.3 Å². The van der Waals surface area contributed by atoms with Crippen molar-refractivity contribution in [3.8, 4) is 0 Å². The van der Waals surface area contributed by atoms with Gasteiger partial charge in [0, 0.05) is 19.0 Å². The highest BCUT2D eigenvalue weighted by molar-refractivity contribution is 5.41. The van der Waals surface area contributed by atoms with Crippen LogP contribution in [0.15, 0.2) is 23.3 Å². The lowest BCUT2D eigenvalue weighted by Crippen LogP contribution is -2.55. The lowest BCUT2D eigenvalue weighted by atomic mass is 9.60. The molecule has 0 saturated carbocycles. The number of likely N-dealkylation sites (N-methyl/N-ethyl adjacent to an activating group) is 2. The van der Waals surface area contributed by atoms with Gasteiger partial charge >= 0.3 is 0 Å². The Balaban J connectivity index is 3.44. The van der Waals surface area contributed by atoms with E-state index >= 15 is 0 Å². The van der Waals surface area contributed by atoms with Gasteiger partial charge in [-0.2, -0.15) is 0 Å². The molecule has 3 nitrogen and oxygen atoms in total. The SMILES string of the molecule is CNCC1=CC(C(C)(C)C)C(O)(CNC)C(C(C)(C)C)=C1. The molecule has 122 valence electrons. The van der Waals surface area contributed by atoms with E-state index in [0.717, 1.165) is 12.1 Å². The summed E-state index contributed by atoms with van der Waals surface area (Å²) in [5.74, 6) is 0.0834. The molecule has 1 rings (SSSR count). The van der Waals surface area contributed by atoms with Crippen molar-refractivity contribution in [1.82, 2.24) is 10.6 Å². The number of nitrogens with one attached hydrogen (secondary N) is 2. The maximum atomic E-state index is 11.6. The average Bonchev–Trinajstić information content (AvgIpc) is 2.28. The fraction of sp³-hybridized carbons (Fsp3) is 0.778. The molecule has 0 spiro atoms. The molecular weight excluding hydrogens is 260 g/mol. The Morgan fingerprint density at radius 1 is 1.10 bits per heavy atom. The largest absolute Gasteiger partial charge is 0.383 e. The molecule has 2 atom stereocenters. The molecule has 3 heteroatoms. The first-order valence-electron chi connectivity index (χ1n) is 7.91. The molecule has 0 aromatic carbocycles. The Morgan fingerprint density at radius 3 is 2.05 bits per heavy atom. The zero-order valence-corrected chi connectivity index (χ0v) is 15.1. The van der Waals surface area contributed by atoms with Crippen LogP contribution in [-0.4, -0.2) is 37.9 Å². The Labute approximate surface area is 130 Å². The first-order valence-corrected chi connectivity index (χ1v) is 7.91. The summed E-state index contributed by atoms with van der Waals surface area (Å²) in [4.78, 5) is 0. The molecule has 1 aliphatic rings. The Morgan fingerprint density at radius 2 is 1.67 bits per heavy atom. The van der Waals surface area contributed by atoms with Crippen LogP contribution < -0.4 is 10.6 Å². The van der Waals surface area contributed by atoms with Gasteiger partial charge in [-0.05, 0) is 36.1 Å². The summed E-state index contributed by atoms with van der Waals surface area (Å²) in [6.07, 6.45) is 4.44. The first kappa shape index (κ1) is 18.4. The highest BCUT2D eigenvalue weighted by Gasteiger charge is 2.49. The fourth-order valence-electron chi connectivity index (χ4n) is 3.50. The molecule has 2 unspecified atom stereocenters. The van der Waals surface area contributed by atoms with E-state index in [1.165, 1.54) is 5.57 Å². The van der Waals surface area contributed by atoms with E-state index < -0.39 is 5.60 Å². The van der Waals surface area contributed by atoms with Gasteiger partial charge in [-0.25, -0.2) is 0 Å². The molecule has 3 N–H and O–H groups in total. The van der Waals surface area contributed by atoms with E-state index in [1.54, 1.807) is 0 Å². The lowest BCUT2D eigenvalue weighted by molar-refractivity contribution is -0.0213. The van der Waals surface area contributed by atoms with Gasteiger partial charge < -0.3 is 15.7 Å². The van der Waals surface area contributed by atoms with Crippen LogP contribution in [-0.2, 0) is 0 Å². The minimum atomic E-state index is -0.845. The van der Waals surface area contributed by atoms with Crippen molar-refractivity contribution in [2.45, 2.75) is 47.1 Å². The van der Waals surface area contributed by atoms with Crippen molar-refractivity contribution in [2.75, 3.05) is 27.2 Å². The number of hydrogen-bond donors (Lipinski definition) is 3. The molecule has 1 aliphatic carbocycles. The highest BCUT2D eigenvalue weighted by atomic mass is 16.3. The minimum Gasteiger partial charge on any atom is -0.383 e. The summed E-state index contributed by atoms with van der Waals surface area (Å²) >= 11 is 0. The van der Waals surface area contributed by atoms with Crippen LogP contribution in [0.3, 0.4) is 0 Å². The zero-order valence-electron chi connectivity index (χ0n) is 15.1. The van der Waals surface area contributed by atoms with Crippen molar-refractivity contribution in [3.05, 3.63) is 23.3 Å². The highest BCUT2D eigenvalue weighted by Crippen LogP contribution is 2.48. The second kappa shape index (κ2) is 6.23. The van der Waals surface area contributed by atoms with E-state index in [9.17, 15) is 5.11 Å². The quantitative estimate of drug-likeness (QED) is 0.747. The van der Waals surface area contributed by atoms with Crippen LogP contribution in [0.4, 0.5) is 0 Å². The molecule has 21 heavy (non-hydrogen) atoms. The van der Waals surface area contributed by atoms with E-state index in [1.807, 2.05) is 14.1 Å². The van der Waals surface area contributed by atoms with Gasteiger partial charge in [0.2, 0.25) is 0 Å². The Bertz CT molecular complexity index is 423. The van der Waals surface area contributed by atoms with Gasteiger partial charge in [0.1, 0.15) is 5.60 Å². The second-order valence-corrected chi connectivity index (χ2v) is 8.38. The Kier molecular flexibility index (Phi) is 5.46. The van der Waals surface area contributed by atoms with Crippen molar-refractivity contribution in [2.24, 2.45) is 16.7 Å². The molecule has 0 amide bonds. The third-order valence-electron chi connectivity index (χ3n) is 4.26. The molecule has 0 heterocycles. The summed E-state index contributed by atoms with van der Waals surface area (Å²) in [5.41, 5.74) is 1.47. The summed E-state index contributed by atoms with van der Waals surface area (Å²) in [6, 6.07) is 0. The van der Waals surface area contributed by atoms with Crippen LogP contribution in [0.2, 0.25) is 0 Å². The van der Waals surface area contributed by atoms with Crippen LogP contribution in [0.5, 0.6) is 0 Å². The zero-order chi connectivity index (χ0) is 16.5. The predicted molar refractivity (Wildman–Crippen MR) is 91.4 cm³/mol. The molecule has 0 aromatic rings. The van der Waals surface area contributed by atoms with Crippen LogP contribution in [0.25, 0.3) is 0 Å². The van der Waals surface area contributed by atoms with E-state index in [-0.39, 0.29) is 16.7 Å².